The Kier molecular flexibility index (Phi) is 2.05. The van der Waals surface area contributed by atoms with Crippen LogP contribution >= 0.6 is 11.6 Å². The van der Waals surface area contributed by atoms with Gasteiger partial charge in [0.2, 0.25) is 0 Å². The Morgan fingerprint density at radius 2 is 2.40 bits per heavy atom. The number of halogens is 1. The summed E-state index contributed by atoms with van der Waals surface area (Å²) in [5, 5.41) is 4.29. The van der Waals surface area contributed by atoms with Crippen molar-refractivity contribution < 1.29 is 0 Å². The molecule has 0 radical (unpaired) electrons. The summed E-state index contributed by atoms with van der Waals surface area (Å²) in [6.07, 6.45) is 5.78. The molecule has 0 saturated carbocycles. The predicted octanol–water partition coefficient (Wildman–Crippen LogP) is 2.73. The van der Waals surface area contributed by atoms with E-state index in [0.29, 0.717) is 22.7 Å². The van der Waals surface area contributed by atoms with Gasteiger partial charge >= 0.3 is 0 Å². The maximum Gasteiger partial charge on any atom is 0.129 e. The zero-order chi connectivity index (χ0) is 10.5. The van der Waals surface area contributed by atoms with Gasteiger partial charge in [-0.2, -0.15) is 0 Å². The average molecular weight is 223 g/mol. The third-order valence-corrected chi connectivity index (χ3v) is 4.10. The SMILES string of the molecule is CC12CCC(N1)C(c1ccc(Cl)nc1)C2. The molecule has 2 aliphatic heterocycles. The van der Waals surface area contributed by atoms with Crippen LogP contribution in [0.4, 0.5) is 0 Å². The number of pyridine rings is 1. The van der Waals surface area contributed by atoms with Crippen LogP contribution in [0.1, 0.15) is 37.7 Å². The van der Waals surface area contributed by atoms with Gasteiger partial charge in [-0.1, -0.05) is 17.7 Å². The molecule has 2 nitrogen and oxygen atoms in total. The minimum Gasteiger partial charge on any atom is -0.308 e. The molecule has 2 saturated heterocycles. The van der Waals surface area contributed by atoms with Gasteiger partial charge in [-0.3, -0.25) is 0 Å². The van der Waals surface area contributed by atoms with Gasteiger partial charge in [-0.05, 0) is 37.8 Å². The van der Waals surface area contributed by atoms with E-state index in [4.69, 9.17) is 11.6 Å². The monoisotopic (exact) mass is 222 g/mol. The number of rotatable bonds is 1. The second-order valence-corrected chi connectivity index (χ2v) is 5.46. The highest BCUT2D eigenvalue weighted by atomic mass is 35.5. The highest BCUT2D eigenvalue weighted by molar-refractivity contribution is 6.29. The van der Waals surface area contributed by atoms with Crippen molar-refractivity contribution >= 4 is 11.6 Å². The van der Waals surface area contributed by atoms with E-state index in [1.54, 1.807) is 0 Å². The normalized spacial score (nSPS) is 38.5. The lowest BCUT2D eigenvalue weighted by Crippen LogP contribution is -2.31. The van der Waals surface area contributed by atoms with Crippen LogP contribution in [-0.4, -0.2) is 16.6 Å². The molecule has 1 N–H and O–H groups in total. The van der Waals surface area contributed by atoms with Crippen molar-refractivity contribution in [2.75, 3.05) is 0 Å². The highest BCUT2D eigenvalue weighted by Gasteiger charge is 2.47. The Morgan fingerprint density at radius 1 is 1.53 bits per heavy atom. The lowest BCUT2D eigenvalue weighted by Gasteiger charge is -2.24. The molecule has 80 valence electrons. The predicted molar refractivity (Wildman–Crippen MR) is 61.2 cm³/mol. The van der Waals surface area contributed by atoms with Gasteiger partial charge in [0.1, 0.15) is 5.15 Å². The quantitative estimate of drug-likeness (QED) is 0.740. The van der Waals surface area contributed by atoms with Gasteiger partial charge in [-0.25, -0.2) is 4.98 Å². The Labute approximate surface area is 95.0 Å². The van der Waals surface area contributed by atoms with E-state index >= 15 is 0 Å². The molecule has 3 rings (SSSR count). The van der Waals surface area contributed by atoms with Crippen molar-refractivity contribution in [1.82, 2.24) is 10.3 Å². The maximum atomic E-state index is 5.80. The lowest BCUT2D eigenvalue weighted by atomic mass is 9.79. The van der Waals surface area contributed by atoms with Gasteiger partial charge in [0.15, 0.2) is 0 Å². The summed E-state index contributed by atoms with van der Waals surface area (Å²) in [7, 11) is 0. The minimum absolute atomic E-state index is 0.370. The first-order valence-electron chi connectivity index (χ1n) is 5.55. The fourth-order valence-corrected chi connectivity index (χ4v) is 3.22. The summed E-state index contributed by atoms with van der Waals surface area (Å²) < 4.78 is 0. The molecule has 1 aromatic rings. The molecule has 2 aliphatic rings. The third-order valence-electron chi connectivity index (χ3n) is 3.88. The molecule has 3 heteroatoms. The molecule has 0 amide bonds. The molecule has 15 heavy (non-hydrogen) atoms. The summed E-state index contributed by atoms with van der Waals surface area (Å²) in [6, 6.07) is 4.66. The van der Waals surface area contributed by atoms with E-state index in [2.05, 4.69) is 23.3 Å². The third kappa shape index (κ3) is 1.56. The van der Waals surface area contributed by atoms with Crippen LogP contribution in [0.5, 0.6) is 0 Å². The summed E-state index contributed by atoms with van der Waals surface area (Å²) in [5.41, 5.74) is 1.70. The first-order valence-corrected chi connectivity index (χ1v) is 5.93. The number of fused-ring (bicyclic) bond motifs is 2. The van der Waals surface area contributed by atoms with Crippen LogP contribution in [0.2, 0.25) is 5.15 Å². The van der Waals surface area contributed by atoms with Crippen molar-refractivity contribution in [1.29, 1.82) is 0 Å². The molecule has 3 heterocycles. The molecule has 0 aliphatic carbocycles. The Balaban J connectivity index is 1.88. The van der Waals surface area contributed by atoms with Crippen LogP contribution in [0, 0.1) is 0 Å². The molecule has 3 atom stereocenters. The lowest BCUT2D eigenvalue weighted by molar-refractivity contribution is 0.405. The number of nitrogens with zero attached hydrogens (tertiary/aromatic N) is 1. The van der Waals surface area contributed by atoms with Gasteiger partial charge in [-0.15, -0.1) is 0 Å². The van der Waals surface area contributed by atoms with Crippen LogP contribution in [0.3, 0.4) is 0 Å². The smallest absolute Gasteiger partial charge is 0.129 e. The molecular weight excluding hydrogens is 208 g/mol. The Bertz CT molecular complexity index is 376. The largest absolute Gasteiger partial charge is 0.308 e. The summed E-state index contributed by atoms with van der Waals surface area (Å²) in [4.78, 5) is 4.17. The van der Waals surface area contributed by atoms with Crippen molar-refractivity contribution in [2.24, 2.45) is 0 Å². The Morgan fingerprint density at radius 3 is 2.93 bits per heavy atom. The fraction of sp³-hybridized carbons (Fsp3) is 0.583. The van der Waals surface area contributed by atoms with Gasteiger partial charge < -0.3 is 5.32 Å². The van der Waals surface area contributed by atoms with Gasteiger partial charge in [0, 0.05) is 23.7 Å². The standard InChI is InChI=1S/C12H15ClN2/c1-12-5-4-10(15-12)9(6-12)8-2-3-11(13)14-7-8/h2-3,7,9-10,15H,4-6H2,1H3. The molecular formula is C12H15ClN2. The van der Waals surface area contributed by atoms with E-state index in [0.717, 1.165) is 0 Å². The number of aromatic nitrogens is 1. The van der Waals surface area contributed by atoms with Crippen molar-refractivity contribution in [3.05, 3.63) is 29.0 Å². The van der Waals surface area contributed by atoms with E-state index < -0.39 is 0 Å². The minimum atomic E-state index is 0.370. The van der Waals surface area contributed by atoms with E-state index in [1.807, 2.05) is 12.3 Å². The molecule has 0 aromatic carbocycles. The highest BCUT2D eigenvalue weighted by Crippen LogP contribution is 2.45. The fourth-order valence-electron chi connectivity index (χ4n) is 3.11. The maximum absolute atomic E-state index is 5.80. The second-order valence-electron chi connectivity index (χ2n) is 5.08. The number of hydrogen-bond donors (Lipinski definition) is 1. The van der Waals surface area contributed by atoms with E-state index in [1.165, 1.54) is 24.8 Å². The zero-order valence-corrected chi connectivity index (χ0v) is 9.59. The first kappa shape index (κ1) is 9.61. The first-order chi connectivity index (χ1) is 7.16. The van der Waals surface area contributed by atoms with E-state index in [9.17, 15) is 0 Å². The van der Waals surface area contributed by atoms with Gasteiger partial charge in [0.25, 0.3) is 0 Å². The second kappa shape index (κ2) is 3.19. The molecule has 2 bridgehead atoms. The van der Waals surface area contributed by atoms with Crippen LogP contribution in [-0.2, 0) is 0 Å². The number of nitrogens with one attached hydrogen (secondary N) is 1. The van der Waals surface area contributed by atoms with Crippen molar-refractivity contribution in [3.8, 4) is 0 Å². The Hall–Kier alpha value is -0.600. The molecule has 2 fully saturated rings. The summed E-state index contributed by atoms with van der Waals surface area (Å²) in [5.74, 6) is 0.633. The molecule has 1 aromatic heterocycles. The molecule has 3 unspecified atom stereocenters. The zero-order valence-electron chi connectivity index (χ0n) is 8.83. The summed E-state index contributed by atoms with van der Waals surface area (Å²) in [6.45, 7) is 2.33. The van der Waals surface area contributed by atoms with Crippen LogP contribution in [0.25, 0.3) is 0 Å². The van der Waals surface area contributed by atoms with Crippen molar-refractivity contribution in [2.45, 2.75) is 43.7 Å². The van der Waals surface area contributed by atoms with Crippen LogP contribution in [0.15, 0.2) is 18.3 Å². The summed E-state index contributed by atoms with van der Waals surface area (Å²) >= 11 is 5.80. The van der Waals surface area contributed by atoms with Crippen LogP contribution < -0.4 is 5.32 Å². The van der Waals surface area contributed by atoms with Crippen molar-refractivity contribution in [3.63, 3.8) is 0 Å². The number of hydrogen-bond acceptors (Lipinski definition) is 2. The average Bonchev–Trinajstić information content (AvgIpc) is 2.74. The van der Waals surface area contributed by atoms with Gasteiger partial charge in [0.05, 0.1) is 0 Å². The molecule has 0 spiro atoms. The topological polar surface area (TPSA) is 24.9 Å². The van der Waals surface area contributed by atoms with E-state index in [-0.39, 0.29) is 0 Å².